The molecule has 0 radical (unpaired) electrons. The lowest BCUT2D eigenvalue weighted by molar-refractivity contribution is 0.216. The van der Waals surface area contributed by atoms with E-state index < -0.39 is 0 Å². The molecule has 0 heterocycles. The molecule has 0 amide bonds. The molecular formula is C18H22O2. The van der Waals surface area contributed by atoms with Crippen molar-refractivity contribution in [2.75, 3.05) is 13.2 Å². The molecule has 0 spiro atoms. The van der Waals surface area contributed by atoms with E-state index in [1.165, 1.54) is 11.1 Å². The number of hydrogen-bond acceptors (Lipinski definition) is 2. The van der Waals surface area contributed by atoms with E-state index in [0.29, 0.717) is 13.2 Å². The molecule has 0 aliphatic carbocycles. The summed E-state index contributed by atoms with van der Waals surface area (Å²) in [4.78, 5) is 0. The van der Waals surface area contributed by atoms with Gasteiger partial charge in [-0.3, -0.25) is 0 Å². The minimum atomic E-state index is 0.554. The first kappa shape index (κ1) is 14.4. The van der Waals surface area contributed by atoms with Crippen molar-refractivity contribution in [2.45, 2.75) is 27.2 Å². The molecule has 106 valence electrons. The minimum absolute atomic E-state index is 0.554. The second kappa shape index (κ2) is 6.99. The van der Waals surface area contributed by atoms with Crippen LogP contribution in [0.5, 0.6) is 11.5 Å². The van der Waals surface area contributed by atoms with Gasteiger partial charge in [0.05, 0.1) is 0 Å². The predicted molar refractivity (Wildman–Crippen MR) is 82.7 cm³/mol. The van der Waals surface area contributed by atoms with Crippen LogP contribution in [0.2, 0.25) is 0 Å². The molecule has 0 aromatic heterocycles. The molecule has 0 aliphatic heterocycles. The van der Waals surface area contributed by atoms with E-state index in [9.17, 15) is 0 Å². The van der Waals surface area contributed by atoms with Gasteiger partial charge in [-0.05, 0) is 55.2 Å². The number of ether oxygens (including phenoxy) is 2. The molecular weight excluding hydrogens is 248 g/mol. The smallest absolute Gasteiger partial charge is 0.122 e. The standard InChI is InChI=1S/C18H22O2/c1-4-16-7-9-17(10-8-16)19-11-12-20-18-13-14(2)5-6-15(18)3/h5-10,13H,4,11-12H2,1-3H3. The zero-order valence-electron chi connectivity index (χ0n) is 12.5. The monoisotopic (exact) mass is 270 g/mol. The van der Waals surface area contributed by atoms with Gasteiger partial charge in [-0.1, -0.05) is 31.2 Å². The maximum absolute atomic E-state index is 5.76. The van der Waals surface area contributed by atoms with Crippen LogP contribution in [-0.4, -0.2) is 13.2 Å². The van der Waals surface area contributed by atoms with Crippen molar-refractivity contribution in [1.82, 2.24) is 0 Å². The molecule has 0 unspecified atom stereocenters. The Bertz CT molecular complexity index is 544. The van der Waals surface area contributed by atoms with E-state index in [1.54, 1.807) is 0 Å². The summed E-state index contributed by atoms with van der Waals surface area (Å²) in [5.74, 6) is 1.83. The fourth-order valence-corrected chi connectivity index (χ4v) is 2.00. The lowest BCUT2D eigenvalue weighted by atomic mass is 10.1. The van der Waals surface area contributed by atoms with Crippen molar-refractivity contribution >= 4 is 0 Å². The molecule has 0 atom stereocenters. The highest BCUT2D eigenvalue weighted by molar-refractivity contribution is 5.36. The Labute approximate surface area is 121 Å². The first-order valence-corrected chi connectivity index (χ1v) is 7.11. The van der Waals surface area contributed by atoms with Gasteiger partial charge in [-0.25, -0.2) is 0 Å². The Balaban J connectivity index is 1.79. The maximum Gasteiger partial charge on any atom is 0.122 e. The first-order chi connectivity index (χ1) is 9.69. The van der Waals surface area contributed by atoms with E-state index in [2.05, 4.69) is 51.1 Å². The van der Waals surface area contributed by atoms with Gasteiger partial charge in [0.25, 0.3) is 0 Å². The van der Waals surface area contributed by atoms with Crippen LogP contribution in [0.25, 0.3) is 0 Å². The summed E-state index contributed by atoms with van der Waals surface area (Å²) in [5.41, 5.74) is 3.69. The van der Waals surface area contributed by atoms with Crippen molar-refractivity contribution in [1.29, 1.82) is 0 Å². The molecule has 0 saturated carbocycles. The van der Waals surface area contributed by atoms with Crippen LogP contribution in [0, 0.1) is 13.8 Å². The van der Waals surface area contributed by atoms with E-state index in [0.717, 1.165) is 23.5 Å². The number of aryl methyl sites for hydroxylation is 3. The second-order valence-electron chi connectivity index (χ2n) is 4.96. The van der Waals surface area contributed by atoms with Gasteiger partial charge in [-0.2, -0.15) is 0 Å². The SMILES string of the molecule is CCc1ccc(OCCOc2cc(C)ccc2C)cc1. The van der Waals surface area contributed by atoms with Gasteiger partial charge in [-0.15, -0.1) is 0 Å². The van der Waals surface area contributed by atoms with Crippen LogP contribution < -0.4 is 9.47 Å². The van der Waals surface area contributed by atoms with Gasteiger partial charge >= 0.3 is 0 Å². The average molecular weight is 270 g/mol. The quantitative estimate of drug-likeness (QED) is 0.728. The van der Waals surface area contributed by atoms with E-state index in [-0.39, 0.29) is 0 Å². The molecule has 0 saturated heterocycles. The van der Waals surface area contributed by atoms with E-state index >= 15 is 0 Å². The van der Waals surface area contributed by atoms with Crippen LogP contribution in [0.15, 0.2) is 42.5 Å². The summed E-state index contributed by atoms with van der Waals surface area (Å²) in [5, 5.41) is 0. The summed E-state index contributed by atoms with van der Waals surface area (Å²) in [6.45, 7) is 7.38. The fourth-order valence-electron chi connectivity index (χ4n) is 2.00. The molecule has 2 heteroatoms. The van der Waals surface area contributed by atoms with E-state index in [4.69, 9.17) is 9.47 Å². The highest BCUT2D eigenvalue weighted by Gasteiger charge is 2.00. The lowest BCUT2D eigenvalue weighted by Crippen LogP contribution is -2.09. The highest BCUT2D eigenvalue weighted by Crippen LogP contribution is 2.19. The largest absolute Gasteiger partial charge is 0.490 e. The van der Waals surface area contributed by atoms with Crippen molar-refractivity contribution < 1.29 is 9.47 Å². The van der Waals surface area contributed by atoms with Gasteiger partial charge in [0.15, 0.2) is 0 Å². The summed E-state index contributed by atoms with van der Waals surface area (Å²) < 4.78 is 11.4. The highest BCUT2D eigenvalue weighted by atomic mass is 16.5. The van der Waals surface area contributed by atoms with Gasteiger partial charge in [0, 0.05) is 0 Å². The third-order valence-corrected chi connectivity index (χ3v) is 3.28. The van der Waals surface area contributed by atoms with Gasteiger partial charge in [0.1, 0.15) is 24.7 Å². The van der Waals surface area contributed by atoms with E-state index in [1.807, 2.05) is 12.1 Å². The third kappa shape index (κ3) is 4.02. The van der Waals surface area contributed by atoms with Crippen molar-refractivity contribution in [3.63, 3.8) is 0 Å². The third-order valence-electron chi connectivity index (χ3n) is 3.28. The van der Waals surface area contributed by atoms with Crippen LogP contribution in [0.1, 0.15) is 23.6 Å². The minimum Gasteiger partial charge on any atom is -0.490 e. The molecule has 0 fully saturated rings. The predicted octanol–water partition coefficient (Wildman–Crippen LogP) is 4.32. The fraction of sp³-hybridized carbons (Fsp3) is 0.333. The van der Waals surface area contributed by atoms with Crippen LogP contribution >= 0.6 is 0 Å². The summed E-state index contributed by atoms with van der Waals surface area (Å²) in [7, 11) is 0. The Hall–Kier alpha value is -1.96. The Morgan fingerprint density at radius 3 is 2.25 bits per heavy atom. The maximum atomic E-state index is 5.76. The zero-order chi connectivity index (χ0) is 14.4. The number of rotatable bonds is 6. The zero-order valence-corrected chi connectivity index (χ0v) is 12.5. The number of hydrogen-bond donors (Lipinski definition) is 0. The number of benzene rings is 2. The Morgan fingerprint density at radius 2 is 1.55 bits per heavy atom. The van der Waals surface area contributed by atoms with Crippen LogP contribution in [0.4, 0.5) is 0 Å². The molecule has 0 aliphatic rings. The summed E-state index contributed by atoms with van der Waals surface area (Å²) in [6, 6.07) is 14.4. The van der Waals surface area contributed by atoms with Crippen LogP contribution in [0.3, 0.4) is 0 Å². The molecule has 0 bridgehead atoms. The summed E-state index contributed by atoms with van der Waals surface area (Å²) >= 11 is 0. The molecule has 0 N–H and O–H groups in total. The molecule has 2 aromatic rings. The Kier molecular flexibility index (Phi) is 5.05. The van der Waals surface area contributed by atoms with Crippen LogP contribution in [-0.2, 0) is 6.42 Å². The Morgan fingerprint density at radius 1 is 0.850 bits per heavy atom. The molecule has 2 nitrogen and oxygen atoms in total. The van der Waals surface area contributed by atoms with Gasteiger partial charge in [0.2, 0.25) is 0 Å². The van der Waals surface area contributed by atoms with Crippen molar-refractivity contribution in [3.8, 4) is 11.5 Å². The molecule has 2 aromatic carbocycles. The average Bonchev–Trinajstić information content (AvgIpc) is 2.47. The molecule has 20 heavy (non-hydrogen) atoms. The van der Waals surface area contributed by atoms with Crippen molar-refractivity contribution in [2.24, 2.45) is 0 Å². The second-order valence-corrected chi connectivity index (χ2v) is 4.96. The summed E-state index contributed by atoms with van der Waals surface area (Å²) in [6.07, 6.45) is 1.05. The first-order valence-electron chi connectivity index (χ1n) is 7.11. The topological polar surface area (TPSA) is 18.5 Å². The molecule has 2 rings (SSSR count). The normalized spacial score (nSPS) is 10.3. The van der Waals surface area contributed by atoms with Gasteiger partial charge < -0.3 is 9.47 Å². The lowest BCUT2D eigenvalue weighted by Gasteiger charge is -2.11. The van der Waals surface area contributed by atoms with Crippen molar-refractivity contribution in [3.05, 3.63) is 59.2 Å².